The molecule has 0 bridgehead atoms. The van der Waals surface area contributed by atoms with Crippen LogP contribution in [0.4, 0.5) is 17.1 Å². The molecule has 2 aromatic carbocycles. The molecule has 148 valence electrons. The minimum Gasteiger partial charge on any atom is -0.369 e. The van der Waals surface area contributed by atoms with Crippen molar-refractivity contribution in [1.29, 1.82) is 0 Å². The van der Waals surface area contributed by atoms with Gasteiger partial charge in [0.1, 0.15) is 0 Å². The lowest BCUT2D eigenvalue weighted by Crippen LogP contribution is -2.46. The number of benzene rings is 2. The van der Waals surface area contributed by atoms with Crippen molar-refractivity contribution in [3.05, 3.63) is 63.2 Å². The van der Waals surface area contributed by atoms with Crippen molar-refractivity contribution in [3.63, 3.8) is 0 Å². The van der Waals surface area contributed by atoms with Crippen molar-refractivity contribution in [1.82, 2.24) is 4.90 Å². The van der Waals surface area contributed by atoms with Crippen molar-refractivity contribution >= 4 is 23.0 Å². The summed E-state index contributed by atoms with van der Waals surface area (Å²) in [5, 5.41) is 14.0. The van der Waals surface area contributed by atoms with Crippen LogP contribution in [0, 0.1) is 24.0 Å². The van der Waals surface area contributed by atoms with E-state index in [1.54, 1.807) is 19.1 Å². The Labute approximate surface area is 165 Å². The largest absolute Gasteiger partial charge is 0.369 e. The molecule has 1 amide bonds. The van der Waals surface area contributed by atoms with Crippen LogP contribution >= 0.6 is 0 Å². The highest BCUT2D eigenvalue weighted by Crippen LogP contribution is 2.25. The van der Waals surface area contributed by atoms with Gasteiger partial charge in [0.25, 0.3) is 11.6 Å². The molecule has 0 saturated carbocycles. The summed E-state index contributed by atoms with van der Waals surface area (Å²) in [7, 11) is 0. The zero-order valence-electron chi connectivity index (χ0n) is 16.6. The predicted octanol–water partition coefficient (Wildman–Crippen LogP) is 3.61. The Morgan fingerprint density at radius 3 is 2.39 bits per heavy atom. The summed E-state index contributed by atoms with van der Waals surface area (Å²) < 4.78 is 0. The summed E-state index contributed by atoms with van der Waals surface area (Å²) in [6.07, 6.45) is 0. The van der Waals surface area contributed by atoms with Crippen LogP contribution in [-0.4, -0.2) is 48.5 Å². The van der Waals surface area contributed by atoms with Gasteiger partial charge in [0.15, 0.2) is 0 Å². The Morgan fingerprint density at radius 2 is 1.79 bits per heavy atom. The first-order valence-corrected chi connectivity index (χ1v) is 9.53. The van der Waals surface area contributed by atoms with Crippen LogP contribution in [-0.2, 0) is 0 Å². The standard InChI is InChI=1S/C21H26N4O3/c1-4-23-9-11-24(12-10-23)18-7-8-19(16(3)13-18)22-21(26)17-6-5-15(2)20(14-17)25(27)28/h5-8,13-14H,4,9-12H2,1-3H3,(H,22,26). The van der Waals surface area contributed by atoms with E-state index in [0.717, 1.165) is 44.0 Å². The van der Waals surface area contributed by atoms with Crippen molar-refractivity contribution in [2.75, 3.05) is 42.9 Å². The Hall–Kier alpha value is -2.93. The molecule has 1 aliphatic rings. The lowest BCUT2D eigenvalue weighted by atomic mass is 10.1. The third-order valence-corrected chi connectivity index (χ3v) is 5.31. The Balaban J connectivity index is 1.72. The SMILES string of the molecule is CCN1CCN(c2ccc(NC(=O)c3ccc(C)c([N+](=O)[O-])c3)c(C)c2)CC1. The summed E-state index contributed by atoms with van der Waals surface area (Å²) in [4.78, 5) is 28.0. The van der Waals surface area contributed by atoms with Gasteiger partial charge in [-0.2, -0.15) is 0 Å². The molecule has 7 heteroatoms. The van der Waals surface area contributed by atoms with Gasteiger partial charge >= 0.3 is 0 Å². The second-order valence-electron chi connectivity index (χ2n) is 7.13. The smallest absolute Gasteiger partial charge is 0.273 e. The summed E-state index contributed by atoms with van der Waals surface area (Å²) in [6, 6.07) is 10.5. The van der Waals surface area contributed by atoms with E-state index < -0.39 is 4.92 Å². The van der Waals surface area contributed by atoms with Crippen LogP contribution in [0.25, 0.3) is 0 Å². The summed E-state index contributed by atoms with van der Waals surface area (Å²) in [6.45, 7) is 11.0. The van der Waals surface area contributed by atoms with E-state index in [1.165, 1.54) is 6.07 Å². The maximum absolute atomic E-state index is 12.6. The topological polar surface area (TPSA) is 78.7 Å². The summed E-state index contributed by atoms with van der Waals surface area (Å²) in [5.74, 6) is -0.351. The van der Waals surface area contributed by atoms with E-state index in [2.05, 4.69) is 28.1 Å². The van der Waals surface area contributed by atoms with Gasteiger partial charge in [0.2, 0.25) is 0 Å². The molecule has 1 aliphatic heterocycles. The minimum atomic E-state index is -0.468. The number of nitrogens with one attached hydrogen (secondary N) is 1. The van der Waals surface area contributed by atoms with E-state index in [4.69, 9.17) is 0 Å². The molecule has 0 aliphatic carbocycles. The third kappa shape index (κ3) is 4.31. The highest BCUT2D eigenvalue weighted by Gasteiger charge is 2.18. The fourth-order valence-corrected chi connectivity index (χ4v) is 3.45. The third-order valence-electron chi connectivity index (χ3n) is 5.31. The molecule has 1 heterocycles. The molecule has 0 aromatic heterocycles. The molecule has 1 fully saturated rings. The van der Waals surface area contributed by atoms with E-state index in [-0.39, 0.29) is 17.2 Å². The predicted molar refractivity (Wildman–Crippen MR) is 111 cm³/mol. The second-order valence-corrected chi connectivity index (χ2v) is 7.13. The van der Waals surface area contributed by atoms with Gasteiger partial charge in [-0.25, -0.2) is 0 Å². The zero-order chi connectivity index (χ0) is 20.3. The molecule has 1 saturated heterocycles. The number of aryl methyl sites for hydroxylation is 2. The summed E-state index contributed by atoms with van der Waals surface area (Å²) in [5.41, 5.74) is 3.58. The average molecular weight is 382 g/mol. The van der Waals surface area contributed by atoms with E-state index in [0.29, 0.717) is 11.3 Å². The number of amides is 1. The van der Waals surface area contributed by atoms with Crippen LogP contribution in [0.5, 0.6) is 0 Å². The number of carbonyl (C=O) groups is 1. The van der Waals surface area contributed by atoms with Crippen LogP contribution in [0.15, 0.2) is 36.4 Å². The number of nitrogens with zero attached hydrogens (tertiary/aromatic N) is 3. The number of nitro groups is 1. The maximum atomic E-state index is 12.6. The van der Waals surface area contributed by atoms with E-state index in [1.807, 2.05) is 19.1 Å². The molecule has 7 nitrogen and oxygen atoms in total. The molecule has 0 radical (unpaired) electrons. The lowest BCUT2D eigenvalue weighted by molar-refractivity contribution is -0.385. The number of likely N-dealkylation sites (N-methyl/N-ethyl adjacent to an activating group) is 1. The van der Waals surface area contributed by atoms with Gasteiger partial charge in [0, 0.05) is 54.7 Å². The first-order chi connectivity index (χ1) is 13.4. The summed E-state index contributed by atoms with van der Waals surface area (Å²) >= 11 is 0. The van der Waals surface area contributed by atoms with Gasteiger partial charge in [-0.1, -0.05) is 13.0 Å². The molecule has 0 unspecified atom stereocenters. The van der Waals surface area contributed by atoms with Crippen molar-refractivity contribution in [2.24, 2.45) is 0 Å². The van der Waals surface area contributed by atoms with Crippen LogP contribution < -0.4 is 10.2 Å². The highest BCUT2D eigenvalue weighted by molar-refractivity contribution is 6.05. The number of piperazine rings is 1. The molecular formula is C21H26N4O3. The molecule has 0 spiro atoms. The Bertz CT molecular complexity index is 889. The normalized spacial score (nSPS) is 14.8. The molecule has 3 rings (SSSR count). The second kappa shape index (κ2) is 8.39. The first-order valence-electron chi connectivity index (χ1n) is 9.53. The molecule has 2 aromatic rings. The van der Waals surface area contributed by atoms with Gasteiger partial charge < -0.3 is 15.1 Å². The fourth-order valence-electron chi connectivity index (χ4n) is 3.45. The Kier molecular flexibility index (Phi) is 5.94. The van der Waals surface area contributed by atoms with Gasteiger partial charge in [-0.15, -0.1) is 0 Å². The zero-order valence-corrected chi connectivity index (χ0v) is 16.6. The number of anilines is 2. The highest BCUT2D eigenvalue weighted by atomic mass is 16.6. The number of rotatable bonds is 5. The monoisotopic (exact) mass is 382 g/mol. The van der Waals surface area contributed by atoms with Gasteiger partial charge in [0.05, 0.1) is 4.92 Å². The quantitative estimate of drug-likeness (QED) is 0.631. The Morgan fingerprint density at radius 1 is 1.07 bits per heavy atom. The fraction of sp³-hybridized carbons (Fsp3) is 0.381. The maximum Gasteiger partial charge on any atom is 0.273 e. The number of hydrogen-bond acceptors (Lipinski definition) is 5. The van der Waals surface area contributed by atoms with E-state index in [9.17, 15) is 14.9 Å². The average Bonchev–Trinajstić information content (AvgIpc) is 2.69. The number of carbonyl (C=O) groups excluding carboxylic acids is 1. The van der Waals surface area contributed by atoms with Crippen molar-refractivity contribution < 1.29 is 9.72 Å². The number of nitro benzene ring substituents is 1. The van der Waals surface area contributed by atoms with Crippen LogP contribution in [0.2, 0.25) is 0 Å². The minimum absolute atomic E-state index is 0.0501. The molecule has 28 heavy (non-hydrogen) atoms. The van der Waals surface area contributed by atoms with Crippen molar-refractivity contribution in [3.8, 4) is 0 Å². The molecule has 1 N–H and O–H groups in total. The van der Waals surface area contributed by atoms with Crippen molar-refractivity contribution in [2.45, 2.75) is 20.8 Å². The van der Waals surface area contributed by atoms with Gasteiger partial charge in [-0.3, -0.25) is 14.9 Å². The molecule has 0 atom stereocenters. The molecular weight excluding hydrogens is 356 g/mol. The van der Waals surface area contributed by atoms with E-state index >= 15 is 0 Å². The van der Waals surface area contributed by atoms with Crippen LogP contribution in [0.1, 0.15) is 28.4 Å². The number of hydrogen-bond donors (Lipinski definition) is 1. The van der Waals surface area contributed by atoms with Gasteiger partial charge in [-0.05, 0) is 50.2 Å². The van der Waals surface area contributed by atoms with Crippen LogP contribution in [0.3, 0.4) is 0 Å². The first kappa shape index (κ1) is 19.8. The lowest BCUT2D eigenvalue weighted by Gasteiger charge is -2.35.